The number of nitrogens with two attached hydrogens (primary N) is 1. The van der Waals surface area contributed by atoms with Crippen LogP contribution in [0.4, 0.5) is 4.39 Å². The second-order valence-corrected chi connectivity index (χ2v) is 5.02. The molecule has 0 radical (unpaired) electrons. The van der Waals surface area contributed by atoms with Crippen LogP contribution in [0.15, 0.2) is 18.2 Å². The summed E-state index contributed by atoms with van der Waals surface area (Å²) in [5.74, 6) is 0.217. The Bertz CT molecular complexity index is 403. The third kappa shape index (κ3) is 3.21. The van der Waals surface area contributed by atoms with Crippen molar-refractivity contribution in [1.82, 2.24) is 0 Å². The van der Waals surface area contributed by atoms with Crippen molar-refractivity contribution in [3.8, 4) is 5.75 Å². The Kier molecular flexibility index (Phi) is 4.19. The second kappa shape index (κ2) is 5.67. The van der Waals surface area contributed by atoms with Crippen LogP contribution in [0.25, 0.3) is 0 Å². The highest BCUT2D eigenvalue weighted by atomic mass is 19.1. The monoisotopic (exact) mass is 253 g/mol. The van der Waals surface area contributed by atoms with Crippen molar-refractivity contribution >= 4 is 0 Å². The molecule has 2 rings (SSSR count). The predicted octanol–water partition coefficient (Wildman–Crippen LogP) is 2.62. The summed E-state index contributed by atoms with van der Waals surface area (Å²) < 4.78 is 24.1. The van der Waals surface area contributed by atoms with Crippen LogP contribution < -0.4 is 10.5 Å². The predicted molar refractivity (Wildman–Crippen MR) is 68.0 cm³/mol. The van der Waals surface area contributed by atoms with Crippen molar-refractivity contribution in [1.29, 1.82) is 0 Å². The standard InChI is InChI=1S/C14H20FNO2/c1-17-12-5-4-11(13(15)8-12)9-18-10-14(16)6-2-3-7-14/h4-5,8H,2-3,6-7,9-10,16H2,1H3. The summed E-state index contributed by atoms with van der Waals surface area (Å²) in [6, 6.07) is 4.79. The molecule has 0 bridgehead atoms. The van der Waals surface area contributed by atoms with Crippen LogP contribution in [-0.2, 0) is 11.3 Å². The zero-order chi connectivity index (χ0) is 13.0. The van der Waals surface area contributed by atoms with Crippen LogP contribution in [0, 0.1) is 5.82 Å². The average Bonchev–Trinajstić information content (AvgIpc) is 2.78. The van der Waals surface area contributed by atoms with Gasteiger partial charge in [-0.3, -0.25) is 0 Å². The fourth-order valence-corrected chi connectivity index (χ4v) is 2.36. The van der Waals surface area contributed by atoms with Gasteiger partial charge in [0, 0.05) is 17.2 Å². The Balaban J connectivity index is 1.86. The van der Waals surface area contributed by atoms with E-state index < -0.39 is 0 Å². The molecule has 0 heterocycles. The molecule has 1 aromatic rings. The summed E-state index contributed by atoms with van der Waals surface area (Å²) in [5, 5.41) is 0. The van der Waals surface area contributed by atoms with Gasteiger partial charge in [-0.1, -0.05) is 18.9 Å². The first-order valence-corrected chi connectivity index (χ1v) is 6.32. The van der Waals surface area contributed by atoms with E-state index in [1.807, 2.05) is 0 Å². The molecule has 0 atom stereocenters. The third-order valence-electron chi connectivity index (χ3n) is 3.51. The third-order valence-corrected chi connectivity index (χ3v) is 3.51. The van der Waals surface area contributed by atoms with Crippen molar-refractivity contribution in [3.05, 3.63) is 29.6 Å². The van der Waals surface area contributed by atoms with Crippen LogP contribution in [0.1, 0.15) is 31.2 Å². The van der Waals surface area contributed by atoms with Gasteiger partial charge in [0.15, 0.2) is 0 Å². The van der Waals surface area contributed by atoms with Gasteiger partial charge in [-0.15, -0.1) is 0 Å². The van der Waals surface area contributed by atoms with Crippen LogP contribution >= 0.6 is 0 Å². The van der Waals surface area contributed by atoms with Crippen molar-refractivity contribution in [2.45, 2.75) is 37.8 Å². The quantitative estimate of drug-likeness (QED) is 0.877. The van der Waals surface area contributed by atoms with E-state index in [0.29, 0.717) is 17.9 Å². The maximum Gasteiger partial charge on any atom is 0.132 e. The van der Waals surface area contributed by atoms with Gasteiger partial charge in [-0.05, 0) is 18.9 Å². The largest absolute Gasteiger partial charge is 0.497 e. The Hall–Kier alpha value is -1.13. The summed E-state index contributed by atoms with van der Waals surface area (Å²) in [4.78, 5) is 0. The molecule has 1 aliphatic rings. The molecule has 0 aromatic heterocycles. The summed E-state index contributed by atoms with van der Waals surface area (Å²) >= 11 is 0. The highest BCUT2D eigenvalue weighted by molar-refractivity contribution is 5.28. The van der Waals surface area contributed by atoms with E-state index in [0.717, 1.165) is 25.7 Å². The molecular weight excluding hydrogens is 233 g/mol. The Morgan fingerprint density at radius 2 is 2.06 bits per heavy atom. The van der Waals surface area contributed by atoms with Crippen LogP contribution in [-0.4, -0.2) is 19.3 Å². The minimum Gasteiger partial charge on any atom is -0.497 e. The summed E-state index contributed by atoms with van der Waals surface area (Å²) in [5.41, 5.74) is 6.50. The molecular formula is C14H20FNO2. The molecule has 1 aliphatic carbocycles. The number of benzene rings is 1. The molecule has 1 fully saturated rings. The van der Waals surface area contributed by atoms with Crippen molar-refractivity contribution in [3.63, 3.8) is 0 Å². The minimum absolute atomic E-state index is 0.205. The van der Waals surface area contributed by atoms with E-state index in [9.17, 15) is 4.39 Å². The van der Waals surface area contributed by atoms with Gasteiger partial charge < -0.3 is 15.2 Å². The molecule has 2 N–H and O–H groups in total. The van der Waals surface area contributed by atoms with Gasteiger partial charge in [0.05, 0.1) is 20.3 Å². The number of ether oxygens (including phenoxy) is 2. The molecule has 0 aliphatic heterocycles. The zero-order valence-electron chi connectivity index (χ0n) is 10.7. The first-order valence-electron chi connectivity index (χ1n) is 6.32. The van der Waals surface area contributed by atoms with E-state index in [4.69, 9.17) is 15.2 Å². The van der Waals surface area contributed by atoms with E-state index in [2.05, 4.69) is 0 Å². The number of methoxy groups -OCH3 is 1. The van der Waals surface area contributed by atoms with Gasteiger partial charge in [-0.2, -0.15) is 0 Å². The SMILES string of the molecule is COc1ccc(COCC2(N)CCCC2)c(F)c1. The molecule has 0 saturated heterocycles. The molecule has 4 heteroatoms. The maximum atomic E-state index is 13.6. The van der Waals surface area contributed by atoms with Gasteiger partial charge in [0.2, 0.25) is 0 Å². The number of rotatable bonds is 5. The number of halogens is 1. The van der Waals surface area contributed by atoms with E-state index in [1.165, 1.54) is 13.2 Å². The maximum absolute atomic E-state index is 13.6. The zero-order valence-corrected chi connectivity index (χ0v) is 10.7. The van der Waals surface area contributed by atoms with E-state index >= 15 is 0 Å². The molecule has 3 nitrogen and oxygen atoms in total. The normalized spacial score (nSPS) is 17.9. The minimum atomic E-state index is -0.299. The van der Waals surface area contributed by atoms with Gasteiger partial charge in [0.1, 0.15) is 11.6 Å². The van der Waals surface area contributed by atoms with Crippen molar-refractivity contribution in [2.24, 2.45) is 5.73 Å². The lowest BCUT2D eigenvalue weighted by molar-refractivity contribution is 0.0733. The highest BCUT2D eigenvalue weighted by Crippen LogP contribution is 2.27. The second-order valence-electron chi connectivity index (χ2n) is 5.02. The fraction of sp³-hybridized carbons (Fsp3) is 0.571. The van der Waals surface area contributed by atoms with E-state index in [-0.39, 0.29) is 18.0 Å². The lowest BCUT2D eigenvalue weighted by atomic mass is 10.0. The average molecular weight is 253 g/mol. The Morgan fingerprint density at radius 1 is 1.33 bits per heavy atom. The van der Waals surface area contributed by atoms with Gasteiger partial charge >= 0.3 is 0 Å². The molecule has 18 heavy (non-hydrogen) atoms. The van der Waals surface area contributed by atoms with Crippen LogP contribution in [0.3, 0.4) is 0 Å². The number of hydrogen-bond acceptors (Lipinski definition) is 3. The van der Waals surface area contributed by atoms with Gasteiger partial charge in [-0.25, -0.2) is 4.39 Å². The van der Waals surface area contributed by atoms with E-state index in [1.54, 1.807) is 12.1 Å². The van der Waals surface area contributed by atoms with Gasteiger partial charge in [0.25, 0.3) is 0 Å². The van der Waals surface area contributed by atoms with Crippen molar-refractivity contribution < 1.29 is 13.9 Å². The molecule has 0 spiro atoms. The van der Waals surface area contributed by atoms with Crippen LogP contribution in [0.2, 0.25) is 0 Å². The summed E-state index contributed by atoms with van der Waals surface area (Å²) in [7, 11) is 1.52. The number of hydrogen-bond donors (Lipinski definition) is 1. The highest BCUT2D eigenvalue weighted by Gasteiger charge is 2.29. The first-order chi connectivity index (χ1) is 8.63. The Labute approximate surface area is 107 Å². The summed E-state index contributed by atoms with van der Waals surface area (Å²) in [6.07, 6.45) is 4.32. The lowest BCUT2D eigenvalue weighted by Gasteiger charge is -2.23. The van der Waals surface area contributed by atoms with Crippen LogP contribution in [0.5, 0.6) is 5.75 Å². The Morgan fingerprint density at radius 3 is 2.67 bits per heavy atom. The topological polar surface area (TPSA) is 44.5 Å². The molecule has 100 valence electrons. The summed E-state index contributed by atoms with van der Waals surface area (Å²) in [6.45, 7) is 0.757. The van der Waals surface area contributed by atoms with Crippen molar-refractivity contribution in [2.75, 3.05) is 13.7 Å². The lowest BCUT2D eigenvalue weighted by Crippen LogP contribution is -2.41. The first kappa shape index (κ1) is 13.3. The molecule has 0 unspecified atom stereocenters. The smallest absolute Gasteiger partial charge is 0.132 e. The molecule has 0 amide bonds. The molecule has 1 aromatic carbocycles. The molecule has 1 saturated carbocycles. The fourth-order valence-electron chi connectivity index (χ4n) is 2.36.